The van der Waals surface area contributed by atoms with Crippen molar-refractivity contribution in [3.05, 3.63) is 54.1 Å². The molecule has 1 amide bonds. The number of rotatable bonds is 7. The van der Waals surface area contributed by atoms with Crippen LogP contribution in [0.2, 0.25) is 0 Å². The molecule has 0 saturated heterocycles. The molecular weight excluding hydrogens is 318 g/mol. The van der Waals surface area contributed by atoms with E-state index < -0.39 is 0 Å². The molecule has 6 nitrogen and oxygen atoms in total. The van der Waals surface area contributed by atoms with Crippen LogP contribution in [0.1, 0.15) is 17.3 Å². The average Bonchev–Trinajstić information content (AvgIpc) is 2.61. The van der Waals surface area contributed by atoms with Crippen LogP contribution in [0.3, 0.4) is 0 Å². The summed E-state index contributed by atoms with van der Waals surface area (Å²) in [6.45, 7) is 2.24. The maximum atomic E-state index is 12.0. The van der Waals surface area contributed by atoms with E-state index in [0.29, 0.717) is 12.2 Å². The summed E-state index contributed by atoms with van der Waals surface area (Å²) in [5, 5.41) is 5.85. The number of nitrogens with zero attached hydrogens (tertiary/aromatic N) is 1. The molecule has 0 bridgehead atoms. The highest BCUT2D eigenvalue weighted by Crippen LogP contribution is 2.15. The third-order valence-electron chi connectivity index (χ3n) is 3.52. The Kier molecular flexibility index (Phi) is 6.39. The van der Waals surface area contributed by atoms with Crippen LogP contribution < -0.4 is 15.5 Å². The Hall–Kier alpha value is -3.02. The van der Waals surface area contributed by atoms with Gasteiger partial charge in [-0.2, -0.15) is 0 Å². The molecule has 0 unspecified atom stereocenters. The van der Waals surface area contributed by atoms with Gasteiger partial charge in [-0.3, -0.25) is 4.79 Å². The lowest BCUT2D eigenvalue weighted by Gasteiger charge is -2.13. The third-order valence-corrected chi connectivity index (χ3v) is 3.52. The fraction of sp³-hybridized carbons (Fsp3) is 0.263. The summed E-state index contributed by atoms with van der Waals surface area (Å²) in [4.78, 5) is 25.6. The van der Waals surface area contributed by atoms with Crippen molar-refractivity contribution in [3.8, 4) is 0 Å². The molecule has 0 fully saturated rings. The lowest BCUT2D eigenvalue weighted by molar-refractivity contribution is -0.114. The van der Waals surface area contributed by atoms with Crippen LogP contribution in [0.4, 0.5) is 17.1 Å². The zero-order valence-corrected chi connectivity index (χ0v) is 14.7. The van der Waals surface area contributed by atoms with Crippen molar-refractivity contribution in [2.45, 2.75) is 6.92 Å². The first-order valence-corrected chi connectivity index (χ1v) is 8.08. The molecule has 0 aliphatic rings. The van der Waals surface area contributed by atoms with Crippen molar-refractivity contribution >= 4 is 28.9 Å². The minimum Gasteiger partial charge on any atom is -0.462 e. The van der Waals surface area contributed by atoms with Crippen molar-refractivity contribution in [1.29, 1.82) is 0 Å². The SMILES string of the molecule is CCOC(=O)c1ccc(NCC(=O)Nc2ccc(N(C)C)cc2)cc1. The van der Waals surface area contributed by atoms with Crippen molar-refractivity contribution in [3.63, 3.8) is 0 Å². The molecule has 0 aliphatic heterocycles. The van der Waals surface area contributed by atoms with E-state index in [1.165, 1.54) is 0 Å². The number of carbonyl (C=O) groups is 2. The quantitative estimate of drug-likeness (QED) is 0.758. The number of hydrogen-bond acceptors (Lipinski definition) is 5. The van der Waals surface area contributed by atoms with Gasteiger partial charge in [-0.05, 0) is 55.5 Å². The van der Waals surface area contributed by atoms with Gasteiger partial charge in [-0.25, -0.2) is 4.79 Å². The van der Waals surface area contributed by atoms with Crippen molar-refractivity contribution in [1.82, 2.24) is 0 Å². The number of amides is 1. The Labute approximate surface area is 147 Å². The zero-order valence-electron chi connectivity index (χ0n) is 14.7. The van der Waals surface area contributed by atoms with Crippen molar-refractivity contribution < 1.29 is 14.3 Å². The molecule has 25 heavy (non-hydrogen) atoms. The van der Waals surface area contributed by atoms with Crippen molar-refractivity contribution in [2.75, 3.05) is 42.8 Å². The molecule has 2 aromatic rings. The fourth-order valence-corrected chi connectivity index (χ4v) is 2.17. The molecular formula is C19H23N3O3. The number of carbonyl (C=O) groups excluding carboxylic acids is 2. The molecule has 0 aromatic heterocycles. The minimum atomic E-state index is -0.354. The molecule has 0 saturated carbocycles. The van der Waals surface area contributed by atoms with Gasteiger partial charge < -0.3 is 20.3 Å². The molecule has 6 heteroatoms. The second kappa shape index (κ2) is 8.73. The number of esters is 1. The van der Waals surface area contributed by atoms with E-state index in [1.54, 1.807) is 31.2 Å². The lowest BCUT2D eigenvalue weighted by atomic mass is 10.2. The topological polar surface area (TPSA) is 70.7 Å². The summed E-state index contributed by atoms with van der Waals surface area (Å²) >= 11 is 0. The van der Waals surface area contributed by atoms with Gasteiger partial charge >= 0.3 is 5.97 Å². The van der Waals surface area contributed by atoms with Crippen LogP contribution in [0.5, 0.6) is 0 Å². The highest BCUT2D eigenvalue weighted by molar-refractivity contribution is 5.94. The summed E-state index contributed by atoms with van der Waals surface area (Å²) in [6, 6.07) is 14.4. The molecule has 2 N–H and O–H groups in total. The molecule has 0 radical (unpaired) electrons. The molecule has 2 aromatic carbocycles. The van der Waals surface area contributed by atoms with Crippen LogP contribution in [-0.2, 0) is 9.53 Å². The van der Waals surface area contributed by atoms with E-state index in [2.05, 4.69) is 10.6 Å². The fourth-order valence-electron chi connectivity index (χ4n) is 2.17. The Morgan fingerprint density at radius 3 is 2.12 bits per heavy atom. The molecule has 0 heterocycles. The molecule has 0 aliphatic carbocycles. The number of nitrogens with one attached hydrogen (secondary N) is 2. The van der Waals surface area contributed by atoms with E-state index in [9.17, 15) is 9.59 Å². The maximum Gasteiger partial charge on any atom is 0.338 e. The van der Waals surface area contributed by atoms with E-state index >= 15 is 0 Å². The summed E-state index contributed by atoms with van der Waals surface area (Å²) in [7, 11) is 3.93. The van der Waals surface area contributed by atoms with Gasteiger partial charge in [0.2, 0.25) is 5.91 Å². The van der Waals surface area contributed by atoms with Gasteiger partial charge in [0, 0.05) is 31.2 Å². The Morgan fingerprint density at radius 1 is 0.960 bits per heavy atom. The standard InChI is InChI=1S/C19H23N3O3/c1-4-25-19(24)14-5-7-15(8-6-14)20-13-18(23)21-16-9-11-17(12-10-16)22(2)3/h5-12,20H,4,13H2,1-3H3,(H,21,23). The number of anilines is 3. The summed E-state index contributed by atoms with van der Waals surface area (Å²) in [5.41, 5.74) is 3.05. The van der Waals surface area contributed by atoms with Crippen LogP contribution in [0.15, 0.2) is 48.5 Å². The van der Waals surface area contributed by atoms with Gasteiger partial charge in [0.15, 0.2) is 0 Å². The van der Waals surface area contributed by atoms with E-state index in [0.717, 1.165) is 17.1 Å². The monoisotopic (exact) mass is 341 g/mol. The molecule has 2 rings (SSSR count). The van der Waals surface area contributed by atoms with Gasteiger partial charge in [-0.15, -0.1) is 0 Å². The van der Waals surface area contributed by atoms with E-state index in [-0.39, 0.29) is 18.4 Å². The highest BCUT2D eigenvalue weighted by atomic mass is 16.5. The maximum absolute atomic E-state index is 12.0. The summed E-state index contributed by atoms with van der Waals surface area (Å²) < 4.78 is 4.93. The molecule has 132 valence electrons. The van der Waals surface area contributed by atoms with Crippen LogP contribution >= 0.6 is 0 Å². The second-order valence-electron chi connectivity index (χ2n) is 5.64. The first kappa shape index (κ1) is 18.3. The van der Waals surface area contributed by atoms with Gasteiger partial charge in [-0.1, -0.05) is 0 Å². The first-order valence-electron chi connectivity index (χ1n) is 8.08. The van der Waals surface area contributed by atoms with Crippen LogP contribution in [0, 0.1) is 0 Å². The summed E-state index contributed by atoms with van der Waals surface area (Å²) in [6.07, 6.45) is 0. The van der Waals surface area contributed by atoms with E-state index in [1.807, 2.05) is 43.3 Å². The Balaban J connectivity index is 1.84. The normalized spacial score (nSPS) is 10.0. The van der Waals surface area contributed by atoms with E-state index in [4.69, 9.17) is 4.74 Å². The highest BCUT2D eigenvalue weighted by Gasteiger charge is 2.07. The van der Waals surface area contributed by atoms with Crippen LogP contribution in [0.25, 0.3) is 0 Å². The molecule has 0 spiro atoms. The minimum absolute atomic E-state index is 0.133. The molecule has 0 atom stereocenters. The van der Waals surface area contributed by atoms with Crippen LogP contribution in [-0.4, -0.2) is 39.1 Å². The third kappa shape index (κ3) is 5.53. The van der Waals surface area contributed by atoms with Gasteiger partial charge in [0.1, 0.15) is 0 Å². The van der Waals surface area contributed by atoms with Crippen molar-refractivity contribution in [2.24, 2.45) is 0 Å². The second-order valence-corrected chi connectivity index (χ2v) is 5.64. The Bertz CT molecular complexity index is 710. The van der Waals surface area contributed by atoms with Gasteiger partial charge in [0.25, 0.3) is 0 Å². The predicted octanol–water partition coefficient (Wildman–Crippen LogP) is 2.98. The first-order chi connectivity index (χ1) is 12.0. The predicted molar refractivity (Wildman–Crippen MR) is 100 cm³/mol. The summed E-state index contributed by atoms with van der Waals surface area (Å²) in [5.74, 6) is -0.500. The average molecular weight is 341 g/mol. The van der Waals surface area contributed by atoms with Gasteiger partial charge in [0.05, 0.1) is 18.7 Å². The number of benzene rings is 2. The number of hydrogen-bond donors (Lipinski definition) is 2. The lowest BCUT2D eigenvalue weighted by Crippen LogP contribution is -2.21. The number of ether oxygens (including phenoxy) is 1. The smallest absolute Gasteiger partial charge is 0.338 e. The zero-order chi connectivity index (χ0) is 18.2. The largest absolute Gasteiger partial charge is 0.462 e. The Morgan fingerprint density at radius 2 is 1.56 bits per heavy atom.